The summed E-state index contributed by atoms with van der Waals surface area (Å²) in [7, 11) is 0. The predicted octanol–water partition coefficient (Wildman–Crippen LogP) is 2.40. The van der Waals surface area contributed by atoms with Crippen LogP contribution in [0.5, 0.6) is 5.75 Å². The van der Waals surface area contributed by atoms with Crippen LogP contribution in [0.25, 0.3) is 0 Å². The minimum atomic E-state index is -0.175. The van der Waals surface area contributed by atoms with Crippen LogP contribution in [0.1, 0.15) is 30.9 Å². The molecule has 24 heavy (non-hydrogen) atoms. The Morgan fingerprint density at radius 1 is 1.25 bits per heavy atom. The number of para-hydroxylation sites is 1. The van der Waals surface area contributed by atoms with Crippen LogP contribution in [0.2, 0.25) is 5.02 Å². The molecule has 0 spiro atoms. The van der Waals surface area contributed by atoms with Crippen molar-refractivity contribution in [3.8, 4) is 5.75 Å². The minimum Gasteiger partial charge on any atom is -0.482 e. The lowest BCUT2D eigenvalue weighted by Gasteiger charge is -2.09. The van der Waals surface area contributed by atoms with Gasteiger partial charge in [-0.3, -0.25) is 4.79 Å². The molecule has 2 heterocycles. The molecule has 1 amide bonds. The minimum absolute atomic E-state index is 0.0539. The Morgan fingerprint density at radius 3 is 3.00 bits per heavy atom. The lowest BCUT2D eigenvalue weighted by Crippen LogP contribution is -2.31. The van der Waals surface area contributed by atoms with Crippen molar-refractivity contribution in [3.63, 3.8) is 0 Å². The van der Waals surface area contributed by atoms with Crippen molar-refractivity contribution >= 4 is 17.5 Å². The fraction of sp³-hybridized carbons (Fsp3) is 0.471. The van der Waals surface area contributed by atoms with Gasteiger partial charge >= 0.3 is 0 Å². The second-order valence-electron chi connectivity index (χ2n) is 5.81. The summed E-state index contributed by atoms with van der Waals surface area (Å²) in [5, 5.41) is 11.9. The van der Waals surface area contributed by atoms with Gasteiger partial charge in [0.2, 0.25) is 0 Å². The Labute approximate surface area is 146 Å². The van der Waals surface area contributed by atoms with Gasteiger partial charge in [0, 0.05) is 25.9 Å². The van der Waals surface area contributed by atoms with E-state index in [-0.39, 0.29) is 12.5 Å². The van der Waals surface area contributed by atoms with E-state index >= 15 is 0 Å². The molecule has 6 nitrogen and oxygen atoms in total. The first kappa shape index (κ1) is 16.8. The molecule has 3 rings (SSSR count). The summed E-state index contributed by atoms with van der Waals surface area (Å²) in [4.78, 5) is 11.9. The summed E-state index contributed by atoms with van der Waals surface area (Å²) in [6.45, 7) is 1.44. The van der Waals surface area contributed by atoms with E-state index in [1.54, 1.807) is 12.1 Å². The summed E-state index contributed by atoms with van der Waals surface area (Å²) < 4.78 is 7.61. The Hall–Kier alpha value is -2.08. The first-order chi connectivity index (χ1) is 11.7. The van der Waals surface area contributed by atoms with Gasteiger partial charge in [0.1, 0.15) is 17.4 Å². The van der Waals surface area contributed by atoms with E-state index in [1.807, 2.05) is 12.1 Å². The predicted molar refractivity (Wildman–Crippen MR) is 91.2 cm³/mol. The van der Waals surface area contributed by atoms with E-state index < -0.39 is 0 Å². The lowest BCUT2D eigenvalue weighted by molar-refractivity contribution is -0.123. The van der Waals surface area contributed by atoms with Crippen molar-refractivity contribution in [1.82, 2.24) is 20.1 Å². The van der Waals surface area contributed by atoms with Crippen LogP contribution in [0.3, 0.4) is 0 Å². The molecule has 0 radical (unpaired) electrons. The maximum Gasteiger partial charge on any atom is 0.257 e. The zero-order valence-electron chi connectivity index (χ0n) is 13.5. The number of carbonyl (C=O) groups excluding carboxylic acids is 1. The van der Waals surface area contributed by atoms with Crippen molar-refractivity contribution in [2.75, 3.05) is 13.2 Å². The number of hydrogen-bond donors (Lipinski definition) is 1. The van der Waals surface area contributed by atoms with Crippen LogP contribution in [-0.4, -0.2) is 33.8 Å². The van der Waals surface area contributed by atoms with Gasteiger partial charge < -0.3 is 14.6 Å². The molecular formula is C17H21ClN4O2. The quantitative estimate of drug-likeness (QED) is 0.870. The molecule has 1 aliphatic heterocycles. The topological polar surface area (TPSA) is 69.0 Å². The third-order valence-electron chi connectivity index (χ3n) is 4.05. The summed E-state index contributed by atoms with van der Waals surface area (Å²) >= 11 is 5.99. The van der Waals surface area contributed by atoms with E-state index in [0.29, 0.717) is 23.7 Å². The maximum absolute atomic E-state index is 11.9. The molecule has 0 bridgehead atoms. The lowest BCUT2D eigenvalue weighted by atomic mass is 10.2. The molecular weight excluding hydrogens is 328 g/mol. The average Bonchev–Trinajstić information content (AvgIpc) is 2.81. The molecule has 7 heteroatoms. The summed E-state index contributed by atoms with van der Waals surface area (Å²) in [6, 6.07) is 7.10. The van der Waals surface area contributed by atoms with Crippen LogP contribution in [0, 0.1) is 0 Å². The second kappa shape index (κ2) is 8.15. The Balaban J connectivity index is 1.44. The standard InChI is InChI=1S/C17H21ClN4O2/c18-13-6-3-4-7-14(13)24-12-17(23)19-10-9-16-21-20-15-8-2-1-5-11-22(15)16/h3-4,6-7H,1-2,5,8-12H2,(H,19,23). The third-order valence-corrected chi connectivity index (χ3v) is 4.36. The van der Waals surface area contributed by atoms with E-state index in [4.69, 9.17) is 16.3 Å². The van der Waals surface area contributed by atoms with E-state index in [1.165, 1.54) is 12.8 Å². The van der Waals surface area contributed by atoms with Crippen molar-refractivity contribution in [3.05, 3.63) is 40.9 Å². The molecule has 128 valence electrons. The first-order valence-electron chi connectivity index (χ1n) is 8.29. The Kier molecular flexibility index (Phi) is 5.69. The highest BCUT2D eigenvalue weighted by Gasteiger charge is 2.14. The maximum atomic E-state index is 11.9. The zero-order valence-corrected chi connectivity index (χ0v) is 14.3. The number of benzene rings is 1. The summed E-state index contributed by atoms with van der Waals surface area (Å²) in [5.41, 5.74) is 0. The van der Waals surface area contributed by atoms with Gasteiger partial charge in [-0.2, -0.15) is 0 Å². The zero-order chi connectivity index (χ0) is 16.8. The smallest absolute Gasteiger partial charge is 0.257 e. The van der Waals surface area contributed by atoms with E-state index in [2.05, 4.69) is 20.1 Å². The van der Waals surface area contributed by atoms with Crippen LogP contribution in [0.4, 0.5) is 0 Å². The van der Waals surface area contributed by atoms with Gasteiger partial charge in [-0.25, -0.2) is 0 Å². The molecule has 2 aromatic rings. The molecule has 1 N–H and O–H groups in total. The molecule has 1 aliphatic rings. The molecule has 1 aromatic carbocycles. The molecule has 0 unspecified atom stereocenters. The number of nitrogens with one attached hydrogen (secondary N) is 1. The Morgan fingerprint density at radius 2 is 2.12 bits per heavy atom. The SMILES string of the molecule is O=C(COc1ccccc1Cl)NCCc1nnc2n1CCCCC2. The van der Waals surface area contributed by atoms with Crippen molar-refractivity contribution in [2.45, 2.75) is 38.6 Å². The number of aromatic nitrogens is 3. The van der Waals surface area contributed by atoms with Gasteiger partial charge in [-0.15, -0.1) is 10.2 Å². The monoisotopic (exact) mass is 348 g/mol. The fourth-order valence-corrected chi connectivity index (χ4v) is 2.99. The number of rotatable bonds is 6. The largest absolute Gasteiger partial charge is 0.482 e. The summed E-state index contributed by atoms with van der Waals surface area (Å²) in [5.74, 6) is 2.35. The Bertz CT molecular complexity index is 702. The van der Waals surface area contributed by atoms with Gasteiger partial charge in [-0.05, 0) is 25.0 Å². The van der Waals surface area contributed by atoms with Gasteiger partial charge in [0.15, 0.2) is 6.61 Å². The highest BCUT2D eigenvalue weighted by molar-refractivity contribution is 6.32. The number of aryl methyl sites for hydroxylation is 1. The van der Waals surface area contributed by atoms with Crippen molar-refractivity contribution in [1.29, 1.82) is 0 Å². The van der Waals surface area contributed by atoms with Gasteiger partial charge in [-0.1, -0.05) is 30.2 Å². The highest BCUT2D eigenvalue weighted by atomic mass is 35.5. The molecule has 0 saturated heterocycles. The third kappa shape index (κ3) is 4.26. The first-order valence-corrected chi connectivity index (χ1v) is 8.67. The highest BCUT2D eigenvalue weighted by Crippen LogP contribution is 2.22. The van der Waals surface area contributed by atoms with E-state index in [0.717, 1.165) is 31.0 Å². The normalized spacial score (nSPS) is 13.9. The molecule has 0 fully saturated rings. The van der Waals surface area contributed by atoms with Crippen LogP contribution in [-0.2, 0) is 24.2 Å². The number of halogens is 1. The molecule has 0 atom stereocenters. The molecule has 0 saturated carbocycles. The molecule has 1 aromatic heterocycles. The van der Waals surface area contributed by atoms with Crippen LogP contribution < -0.4 is 10.1 Å². The number of amides is 1. The molecule has 0 aliphatic carbocycles. The van der Waals surface area contributed by atoms with Crippen molar-refractivity contribution in [2.24, 2.45) is 0 Å². The van der Waals surface area contributed by atoms with Crippen LogP contribution in [0.15, 0.2) is 24.3 Å². The fourth-order valence-electron chi connectivity index (χ4n) is 2.80. The summed E-state index contributed by atoms with van der Waals surface area (Å²) in [6.07, 6.45) is 5.24. The number of fused-ring (bicyclic) bond motifs is 1. The van der Waals surface area contributed by atoms with Gasteiger partial charge in [0.05, 0.1) is 5.02 Å². The average molecular weight is 349 g/mol. The number of ether oxygens (including phenoxy) is 1. The van der Waals surface area contributed by atoms with Crippen molar-refractivity contribution < 1.29 is 9.53 Å². The number of hydrogen-bond acceptors (Lipinski definition) is 4. The number of nitrogens with zero attached hydrogens (tertiary/aromatic N) is 3. The van der Waals surface area contributed by atoms with E-state index in [9.17, 15) is 4.79 Å². The van der Waals surface area contributed by atoms with Gasteiger partial charge in [0.25, 0.3) is 5.91 Å². The van der Waals surface area contributed by atoms with Crippen LogP contribution >= 0.6 is 11.6 Å². The number of carbonyl (C=O) groups is 1. The second-order valence-corrected chi connectivity index (χ2v) is 6.22.